The molecule has 0 radical (unpaired) electrons. The number of fused-ring (bicyclic) bond motifs is 1. The predicted molar refractivity (Wildman–Crippen MR) is 130 cm³/mol. The van der Waals surface area contributed by atoms with Crippen molar-refractivity contribution in [3.05, 3.63) is 53.1 Å². The van der Waals surface area contributed by atoms with Gasteiger partial charge in [0.25, 0.3) is 0 Å². The van der Waals surface area contributed by atoms with Crippen LogP contribution in [-0.4, -0.2) is 52.2 Å². The third-order valence-corrected chi connectivity index (χ3v) is 8.02. The number of nitrogens with zero attached hydrogens (tertiary/aromatic N) is 1. The zero-order valence-corrected chi connectivity index (χ0v) is 21.3. The van der Waals surface area contributed by atoms with Gasteiger partial charge in [-0.05, 0) is 54.8 Å². The van der Waals surface area contributed by atoms with Crippen LogP contribution in [0.25, 0.3) is 0 Å². The molecule has 2 aromatic carbocycles. The molecular formula is C25H32F2N2O4Si. The number of carbonyl (C=O) groups excluding carboxylic acids is 2. The molecule has 2 aromatic rings. The molecule has 184 valence electrons. The molecule has 0 bridgehead atoms. The molecule has 1 amide bonds. The van der Waals surface area contributed by atoms with Gasteiger partial charge in [-0.1, -0.05) is 25.7 Å². The van der Waals surface area contributed by atoms with E-state index in [1.165, 1.54) is 19.2 Å². The molecule has 6 nitrogen and oxygen atoms in total. The van der Waals surface area contributed by atoms with Gasteiger partial charge in [0, 0.05) is 23.8 Å². The van der Waals surface area contributed by atoms with Crippen LogP contribution in [0.1, 0.15) is 30.0 Å². The molecule has 0 unspecified atom stereocenters. The van der Waals surface area contributed by atoms with Crippen molar-refractivity contribution in [3.63, 3.8) is 0 Å². The minimum Gasteiger partial charge on any atom is -0.497 e. The first-order valence-electron chi connectivity index (χ1n) is 11.3. The maximum absolute atomic E-state index is 14.7. The summed E-state index contributed by atoms with van der Waals surface area (Å²) in [4.78, 5) is 27.0. The van der Waals surface area contributed by atoms with Crippen LogP contribution in [0, 0.1) is 11.6 Å². The van der Waals surface area contributed by atoms with E-state index in [4.69, 9.17) is 9.47 Å². The number of rotatable bonds is 8. The highest BCUT2D eigenvalue weighted by atomic mass is 28.3. The number of halogens is 2. The van der Waals surface area contributed by atoms with E-state index in [1.54, 1.807) is 13.2 Å². The normalized spacial score (nSPS) is 16.0. The summed E-state index contributed by atoms with van der Waals surface area (Å²) in [6, 6.07) is 7.25. The summed E-state index contributed by atoms with van der Waals surface area (Å²) in [6.45, 7) is 6.69. The number of nitrogens with one attached hydrogen (secondary N) is 1. The Bertz CT molecular complexity index is 1050. The smallest absolute Gasteiger partial charge is 0.305 e. The lowest BCUT2D eigenvalue weighted by Crippen LogP contribution is -2.43. The Morgan fingerprint density at radius 3 is 2.38 bits per heavy atom. The van der Waals surface area contributed by atoms with Crippen LogP contribution in [0.5, 0.6) is 5.75 Å². The van der Waals surface area contributed by atoms with E-state index in [0.717, 1.165) is 11.1 Å². The Hall–Kier alpha value is -2.78. The van der Waals surface area contributed by atoms with Crippen molar-refractivity contribution in [2.45, 2.75) is 44.9 Å². The highest BCUT2D eigenvalue weighted by Gasteiger charge is 2.34. The molecule has 0 saturated carbocycles. The average Bonchev–Trinajstić information content (AvgIpc) is 2.76. The van der Waals surface area contributed by atoms with E-state index >= 15 is 0 Å². The first-order valence-corrected chi connectivity index (χ1v) is 14.8. The summed E-state index contributed by atoms with van der Waals surface area (Å²) in [5.74, 6) is -1.28. The molecule has 1 aliphatic rings. The van der Waals surface area contributed by atoms with Gasteiger partial charge in [0.15, 0.2) is 0 Å². The van der Waals surface area contributed by atoms with Crippen molar-refractivity contribution in [1.29, 1.82) is 0 Å². The number of esters is 1. The van der Waals surface area contributed by atoms with Gasteiger partial charge in [-0.15, -0.1) is 0 Å². The summed E-state index contributed by atoms with van der Waals surface area (Å²) in [7, 11) is 0.693. The number of anilines is 1. The van der Waals surface area contributed by atoms with Gasteiger partial charge >= 0.3 is 5.97 Å². The summed E-state index contributed by atoms with van der Waals surface area (Å²) in [5.41, 5.74) is 1.87. The largest absolute Gasteiger partial charge is 0.497 e. The Morgan fingerprint density at radius 1 is 1.12 bits per heavy atom. The molecule has 34 heavy (non-hydrogen) atoms. The third-order valence-electron chi connectivity index (χ3n) is 6.04. The Kier molecular flexibility index (Phi) is 8.09. The van der Waals surface area contributed by atoms with E-state index in [-0.39, 0.29) is 29.2 Å². The van der Waals surface area contributed by atoms with Crippen LogP contribution < -0.4 is 15.2 Å². The Morgan fingerprint density at radius 2 is 1.79 bits per heavy atom. The molecular weight excluding hydrogens is 458 g/mol. The lowest BCUT2D eigenvalue weighted by Gasteiger charge is -2.36. The number of hydrogen-bond donors (Lipinski definition) is 1. The maximum Gasteiger partial charge on any atom is 0.305 e. The van der Waals surface area contributed by atoms with Gasteiger partial charge in [-0.25, -0.2) is 8.78 Å². The zero-order valence-electron chi connectivity index (χ0n) is 20.3. The molecule has 1 aliphatic heterocycles. The van der Waals surface area contributed by atoms with Gasteiger partial charge in [0.1, 0.15) is 23.4 Å². The van der Waals surface area contributed by atoms with Gasteiger partial charge in [-0.3, -0.25) is 14.5 Å². The van der Waals surface area contributed by atoms with Crippen molar-refractivity contribution in [1.82, 2.24) is 4.90 Å². The van der Waals surface area contributed by atoms with Gasteiger partial charge < -0.3 is 14.8 Å². The highest BCUT2D eigenvalue weighted by Crippen LogP contribution is 2.33. The summed E-state index contributed by atoms with van der Waals surface area (Å²) in [6.07, 6.45) is 1.48. The number of carbonyl (C=O) groups is 2. The summed E-state index contributed by atoms with van der Waals surface area (Å²) < 4.78 is 39.5. The number of benzene rings is 2. The fourth-order valence-electron chi connectivity index (χ4n) is 4.43. The van der Waals surface area contributed by atoms with Crippen LogP contribution >= 0.6 is 0 Å². The predicted octanol–water partition coefficient (Wildman–Crippen LogP) is 4.01. The SMILES string of the molecule is COC(=O)CCCN1CCc2cc(OC)ccc2[C@@H]1C(=O)Nc1cc(F)c([Si](C)(C)C)c(F)c1. The average molecular weight is 491 g/mol. The minimum absolute atomic E-state index is 0.0807. The van der Waals surface area contributed by atoms with Crippen molar-refractivity contribution in [2.75, 3.05) is 32.6 Å². The highest BCUT2D eigenvalue weighted by molar-refractivity contribution is 6.88. The van der Waals surface area contributed by atoms with E-state index in [1.807, 2.05) is 36.7 Å². The van der Waals surface area contributed by atoms with Crippen LogP contribution in [0.3, 0.4) is 0 Å². The van der Waals surface area contributed by atoms with E-state index in [2.05, 4.69) is 5.32 Å². The quantitative estimate of drug-likeness (QED) is 0.447. The topological polar surface area (TPSA) is 67.9 Å². The minimum atomic E-state index is -2.23. The monoisotopic (exact) mass is 490 g/mol. The second kappa shape index (κ2) is 10.6. The molecule has 1 atom stereocenters. The summed E-state index contributed by atoms with van der Waals surface area (Å²) >= 11 is 0. The molecule has 9 heteroatoms. The van der Waals surface area contributed by atoms with E-state index in [0.29, 0.717) is 31.7 Å². The molecule has 0 saturated heterocycles. The van der Waals surface area contributed by atoms with Crippen LogP contribution in [0.4, 0.5) is 14.5 Å². The second-order valence-corrected chi connectivity index (χ2v) is 14.5. The van der Waals surface area contributed by atoms with E-state index in [9.17, 15) is 18.4 Å². The molecule has 1 N–H and O–H groups in total. The molecule has 0 spiro atoms. The number of methoxy groups -OCH3 is 2. The van der Waals surface area contributed by atoms with Gasteiger partial charge in [-0.2, -0.15) is 0 Å². The molecule has 1 heterocycles. The molecule has 3 rings (SSSR count). The number of amides is 1. The number of hydrogen-bond acceptors (Lipinski definition) is 5. The van der Waals surface area contributed by atoms with Crippen molar-refractivity contribution >= 4 is 30.8 Å². The second-order valence-electron chi connectivity index (χ2n) is 9.49. The van der Waals surface area contributed by atoms with Crippen molar-refractivity contribution in [3.8, 4) is 5.75 Å². The third kappa shape index (κ3) is 5.82. The summed E-state index contributed by atoms with van der Waals surface area (Å²) in [5, 5.41) is 2.83. The standard InChI is InChI=1S/C25H32F2N2O4Si/c1-32-18-8-9-19-16(13-18)10-12-29(11-6-7-22(30)33-2)23(19)25(31)28-17-14-20(26)24(21(27)15-17)34(3,4)5/h8-9,13-15,23H,6-7,10-12H2,1-5H3,(H,28,31)/t23-/m1/s1. The lowest BCUT2D eigenvalue weighted by molar-refractivity contribution is -0.140. The fraction of sp³-hybridized carbons (Fsp3) is 0.440. The zero-order chi connectivity index (χ0) is 25.0. The molecule has 0 aliphatic carbocycles. The van der Waals surface area contributed by atoms with Crippen LogP contribution in [0.2, 0.25) is 19.6 Å². The van der Waals surface area contributed by atoms with Gasteiger partial charge in [0.2, 0.25) is 5.91 Å². The maximum atomic E-state index is 14.7. The van der Waals surface area contributed by atoms with Crippen molar-refractivity contribution in [2.24, 2.45) is 0 Å². The van der Waals surface area contributed by atoms with Crippen molar-refractivity contribution < 1.29 is 27.8 Å². The first kappa shape index (κ1) is 25.8. The van der Waals surface area contributed by atoms with Crippen LogP contribution in [-0.2, 0) is 20.7 Å². The fourth-order valence-corrected chi connectivity index (χ4v) is 6.01. The van der Waals surface area contributed by atoms with Gasteiger partial charge in [0.05, 0.1) is 22.3 Å². The molecule has 0 fully saturated rings. The number of ether oxygens (including phenoxy) is 2. The molecule has 0 aromatic heterocycles. The Balaban J connectivity index is 1.89. The first-order chi connectivity index (χ1) is 16.0. The van der Waals surface area contributed by atoms with E-state index < -0.39 is 25.8 Å². The van der Waals surface area contributed by atoms with Crippen LogP contribution in [0.15, 0.2) is 30.3 Å². The Labute approximate surface area is 200 Å². The lowest BCUT2D eigenvalue weighted by atomic mass is 9.91.